The summed E-state index contributed by atoms with van der Waals surface area (Å²) in [6.07, 6.45) is -1.37. The van der Waals surface area contributed by atoms with Gasteiger partial charge in [0.05, 0.1) is 17.0 Å². The number of carbonyl (C=O) groups excluding carboxylic acids is 1. The molecule has 1 aromatic heterocycles. The van der Waals surface area contributed by atoms with E-state index in [2.05, 4.69) is 10.3 Å². The molecule has 0 aliphatic heterocycles. The Hall–Kier alpha value is -2.28. The van der Waals surface area contributed by atoms with Crippen LogP contribution in [0.4, 0.5) is 13.2 Å². The second-order valence-electron chi connectivity index (χ2n) is 7.45. The van der Waals surface area contributed by atoms with Crippen LogP contribution in [0.2, 0.25) is 5.02 Å². The molecular formula is C20H18ClF3N2O2. The number of hydrogen-bond acceptors (Lipinski definition) is 2. The van der Waals surface area contributed by atoms with Gasteiger partial charge in [-0.1, -0.05) is 11.6 Å². The van der Waals surface area contributed by atoms with E-state index in [-0.39, 0.29) is 28.1 Å². The van der Waals surface area contributed by atoms with E-state index in [1.807, 2.05) is 0 Å². The van der Waals surface area contributed by atoms with Crippen LogP contribution in [0, 0.1) is 0 Å². The lowest BCUT2D eigenvalue weighted by molar-refractivity contribution is -0.137. The summed E-state index contributed by atoms with van der Waals surface area (Å²) in [4.78, 5) is 27.4. The normalized spacial score (nSPS) is 20.4. The number of aromatic nitrogens is 1. The van der Waals surface area contributed by atoms with Crippen molar-refractivity contribution >= 4 is 17.5 Å². The Morgan fingerprint density at radius 2 is 1.96 bits per heavy atom. The molecule has 1 amide bonds. The fourth-order valence-corrected chi connectivity index (χ4v) is 4.26. The predicted molar refractivity (Wildman–Crippen MR) is 98.3 cm³/mol. The summed E-state index contributed by atoms with van der Waals surface area (Å²) in [5, 5.41) is 3.14. The number of hydrogen-bond donors (Lipinski definition) is 2. The smallest absolute Gasteiger partial charge is 0.348 e. The summed E-state index contributed by atoms with van der Waals surface area (Å²) in [7, 11) is 0. The Bertz CT molecular complexity index is 996. The standard InChI is InChI=1S/C20H18ClF3N2O2/c21-14-6-4-11(20(22,23)24)10-13(14)19(8-9-19)18(28)26-16-3-1-2-15-12(16)5-7-17(27)25-15/h4-7,10,16H,1-3,8-9H2,(H,25,27)(H,26,28). The number of H-pyrrole nitrogens is 1. The minimum absolute atomic E-state index is 0.161. The molecule has 1 fully saturated rings. The maximum absolute atomic E-state index is 13.1. The van der Waals surface area contributed by atoms with Crippen molar-refractivity contribution in [2.45, 2.75) is 49.7 Å². The van der Waals surface area contributed by atoms with Crippen LogP contribution in [0.3, 0.4) is 0 Å². The highest BCUT2D eigenvalue weighted by atomic mass is 35.5. The zero-order chi connectivity index (χ0) is 20.1. The van der Waals surface area contributed by atoms with Crippen molar-refractivity contribution in [3.05, 3.63) is 68.1 Å². The van der Waals surface area contributed by atoms with Gasteiger partial charge in [0.1, 0.15) is 0 Å². The molecule has 0 radical (unpaired) electrons. The lowest BCUT2D eigenvalue weighted by Gasteiger charge is -2.28. The van der Waals surface area contributed by atoms with Crippen molar-refractivity contribution in [1.82, 2.24) is 10.3 Å². The van der Waals surface area contributed by atoms with Crippen LogP contribution in [-0.4, -0.2) is 10.9 Å². The maximum atomic E-state index is 13.1. The number of benzene rings is 1. The summed E-state index contributed by atoms with van der Waals surface area (Å²) in [5.41, 5.74) is -0.167. The van der Waals surface area contributed by atoms with E-state index >= 15 is 0 Å². The van der Waals surface area contributed by atoms with Gasteiger partial charge >= 0.3 is 6.18 Å². The summed E-state index contributed by atoms with van der Waals surface area (Å²) >= 11 is 6.17. The van der Waals surface area contributed by atoms with Crippen molar-refractivity contribution < 1.29 is 18.0 Å². The quantitative estimate of drug-likeness (QED) is 0.793. The van der Waals surface area contributed by atoms with Gasteiger partial charge in [-0.25, -0.2) is 0 Å². The van der Waals surface area contributed by atoms with Gasteiger partial charge in [-0.2, -0.15) is 13.2 Å². The van der Waals surface area contributed by atoms with Gasteiger partial charge < -0.3 is 10.3 Å². The Morgan fingerprint density at radius 3 is 2.64 bits per heavy atom. The fourth-order valence-electron chi connectivity index (χ4n) is 3.96. The first-order chi connectivity index (χ1) is 13.2. The average Bonchev–Trinajstić information content (AvgIpc) is 3.43. The van der Waals surface area contributed by atoms with Gasteiger partial charge in [0.15, 0.2) is 0 Å². The van der Waals surface area contributed by atoms with E-state index in [9.17, 15) is 22.8 Å². The summed E-state index contributed by atoms with van der Waals surface area (Å²) in [5.74, 6) is -0.322. The SMILES string of the molecule is O=C(NC1CCCc2[nH]c(=O)ccc21)C1(c2cc(C(F)(F)F)ccc2Cl)CC1. The number of amides is 1. The molecule has 0 saturated heterocycles. The summed E-state index contributed by atoms with van der Waals surface area (Å²) in [6, 6.07) is 5.95. The Balaban J connectivity index is 1.63. The highest BCUT2D eigenvalue weighted by molar-refractivity contribution is 6.32. The molecule has 1 unspecified atom stereocenters. The van der Waals surface area contributed by atoms with E-state index in [0.717, 1.165) is 36.2 Å². The van der Waals surface area contributed by atoms with E-state index in [4.69, 9.17) is 11.6 Å². The molecule has 2 aliphatic rings. The topological polar surface area (TPSA) is 62.0 Å². The number of alkyl halides is 3. The monoisotopic (exact) mass is 410 g/mol. The Labute approximate surface area is 164 Å². The summed E-state index contributed by atoms with van der Waals surface area (Å²) in [6.45, 7) is 0. The van der Waals surface area contributed by atoms with Gasteiger partial charge in [0, 0.05) is 16.8 Å². The first kappa shape index (κ1) is 19.1. The lowest BCUT2D eigenvalue weighted by Crippen LogP contribution is -2.39. The third-order valence-corrected chi connectivity index (χ3v) is 5.96. The van der Waals surface area contributed by atoms with Crippen molar-refractivity contribution in [3.8, 4) is 0 Å². The number of carbonyl (C=O) groups is 1. The third kappa shape index (κ3) is 3.32. The molecule has 28 heavy (non-hydrogen) atoms. The molecule has 4 nitrogen and oxygen atoms in total. The van der Waals surface area contributed by atoms with Gasteiger partial charge in [-0.3, -0.25) is 9.59 Å². The Morgan fingerprint density at radius 1 is 1.21 bits per heavy atom. The highest BCUT2D eigenvalue weighted by Gasteiger charge is 2.53. The van der Waals surface area contributed by atoms with Crippen LogP contribution in [0.1, 0.15) is 54.1 Å². The van der Waals surface area contributed by atoms with Crippen molar-refractivity contribution in [1.29, 1.82) is 0 Å². The van der Waals surface area contributed by atoms with Crippen LogP contribution < -0.4 is 10.9 Å². The van der Waals surface area contributed by atoms with Crippen LogP contribution in [0.25, 0.3) is 0 Å². The van der Waals surface area contributed by atoms with E-state index < -0.39 is 17.2 Å². The largest absolute Gasteiger partial charge is 0.416 e. The van der Waals surface area contributed by atoms with E-state index in [0.29, 0.717) is 19.3 Å². The molecule has 2 aliphatic carbocycles. The predicted octanol–water partition coefficient (Wildman–Crippen LogP) is 4.27. The van der Waals surface area contributed by atoms with E-state index in [1.54, 1.807) is 6.07 Å². The first-order valence-corrected chi connectivity index (χ1v) is 9.49. The zero-order valence-electron chi connectivity index (χ0n) is 14.8. The number of rotatable bonds is 3. The number of aromatic amines is 1. The van der Waals surface area contributed by atoms with Crippen LogP contribution in [0.15, 0.2) is 35.1 Å². The van der Waals surface area contributed by atoms with E-state index in [1.165, 1.54) is 12.1 Å². The molecule has 0 spiro atoms. The van der Waals surface area contributed by atoms with Crippen molar-refractivity contribution in [2.24, 2.45) is 0 Å². The van der Waals surface area contributed by atoms with Crippen molar-refractivity contribution in [2.75, 3.05) is 0 Å². The summed E-state index contributed by atoms with van der Waals surface area (Å²) < 4.78 is 39.3. The molecule has 1 aromatic carbocycles. The average molecular weight is 411 g/mol. The Kier molecular flexibility index (Phi) is 4.53. The molecule has 2 N–H and O–H groups in total. The number of fused-ring (bicyclic) bond motifs is 1. The maximum Gasteiger partial charge on any atom is 0.416 e. The molecule has 4 rings (SSSR count). The molecule has 1 heterocycles. The second kappa shape index (κ2) is 6.65. The third-order valence-electron chi connectivity index (χ3n) is 5.63. The van der Waals surface area contributed by atoms with Gasteiger partial charge in [0.25, 0.3) is 0 Å². The van der Waals surface area contributed by atoms with Gasteiger partial charge in [0.2, 0.25) is 11.5 Å². The molecule has 0 bridgehead atoms. The molecule has 2 aromatic rings. The lowest BCUT2D eigenvalue weighted by atomic mass is 9.89. The minimum Gasteiger partial charge on any atom is -0.348 e. The molecular weight excluding hydrogens is 393 g/mol. The van der Waals surface area contributed by atoms with Gasteiger partial charge in [-0.05, 0) is 67.5 Å². The van der Waals surface area contributed by atoms with Crippen LogP contribution in [-0.2, 0) is 22.8 Å². The van der Waals surface area contributed by atoms with Crippen molar-refractivity contribution in [3.63, 3.8) is 0 Å². The number of nitrogens with one attached hydrogen (secondary N) is 2. The number of pyridine rings is 1. The number of aryl methyl sites for hydroxylation is 1. The number of halogens is 4. The van der Waals surface area contributed by atoms with Gasteiger partial charge in [-0.15, -0.1) is 0 Å². The fraction of sp³-hybridized carbons (Fsp3) is 0.400. The van der Waals surface area contributed by atoms with Crippen LogP contribution >= 0.6 is 11.6 Å². The van der Waals surface area contributed by atoms with Crippen LogP contribution in [0.5, 0.6) is 0 Å². The first-order valence-electron chi connectivity index (χ1n) is 9.11. The highest BCUT2D eigenvalue weighted by Crippen LogP contribution is 2.52. The second-order valence-corrected chi connectivity index (χ2v) is 7.86. The molecule has 1 saturated carbocycles. The molecule has 148 valence electrons. The zero-order valence-corrected chi connectivity index (χ0v) is 15.6. The molecule has 8 heteroatoms. The molecule has 1 atom stereocenters. The minimum atomic E-state index is -4.50.